The molecule has 1 rings (SSSR count). The normalized spacial score (nSPS) is 9.29. The second-order valence-corrected chi connectivity index (χ2v) is 4.68. The van der Waals surface area contributed by atoms with Gasteiger partial charge in [-0.15, -0.1) is 24.8 Å². The number of nitrogens with zero attached hydrogens (tertiary/aromatic N) is 1. The highest BCUT2D eigenvalue weighted by Gasteiger charge is 2.05. The van der Waals surface area contributed by atoms with Gasteiger partial charge in [0.2, 0.25) is 0 Å². The molecule has 21 heavy (non-hydrogen) atoms. The summed E-state index contributed by atoms with van der Waals surface area (Å²) in [6.45, 7) is 4.66. The van der Waals surface area contributed by atoms with Crippen LogP contribution in [0, 0.1) is 0 Å². The molecule has 6 heteroatoms. The number of hydrogen-bond donors (Lipinski definition) is 2. The number of rotatable bonds is 8. The quantitative estimate of drug-likeness (QED) is 0.718. The first-order valence-corrected chi connectivity index (χ1v) is 6.93. The summed E-state index contributed by atoms with van der Waals surface area (Å²) >= 11 is 0. The fourth-order valence-corrected chi connectivity index (χ4v) is 1.79. The molecule has 0 atom stereocenters. The van der Waals surface area contributed by atoms with Crippen molar-refractivity contribution >= 4 is 36.4 Å². The van der Waals surface area contributed by atoms with E-state index in [1.165, 1.54) is 12.8 Å². The van der Waals surface area contributed by atoms with Crippen molar-refractivity contribution in [3.05, 3.63) is 29.8 Å². The molecule has 4 nitrogen and oxygen atoms in total. The minimum Gasteiger partial charge on any atom is -0.375 e. The molecule has 1 aromatic rings. The summed E-state index contributed by atoms with van der Waals surface area (Å²) in [5.41, 5.74) is 1.86. The Hall–Kier alpha value is -0.970. The third-order valence-electron chi connectivity index (χ3n) is 3.08. The van der Waals surface area contributed by atoms with E-state index in [9.17, 15) is 4.79 Å². The molecule has 0 heterocycles. The molecule has 0 aliphatic carbocycles. The molecule has 0 saturated heterocycles. The van der Waals surface area contributed by atoms with Gasteiger partial charge in [0.1, 0.15) is 0 Å². The van der Waals surface area contributed by atoms with Gasteiger partial charge >= 0.3 is 0 Å². The van der Waals surface area contributed by atoms with E-state index in [1.54, 1.807) is 0 Å². The van der Waals surface area contributed by atoms with E-state index in [0.29, 0.717) is 12.1 Å². The van der Waals surface area contributed by atoms with Crippen LogP contribution in [0.3, 0.4) is 0 Å². The zero-order valence-electron chi connectivity index (χ0n) is 13.0. The van der Waals surface area contributed by atoms with Crippen molar-refractivity contribution in [1.82, 2.24) is 10.6 Å². The topological polar surface area (TPSA) is 44.4 Å². The van der Waals surface area contributed by atoms with Gasteiger partial charge in [-0.25, -0.2) is 0 Å². The maximum Gasteiger partial charge on any atom is 0.251 e. The van der Waals surface area contributed by atoms with E-state index < -0.39 is 0 Å². The van der Waals surface area contributed by atoms with Crippen molar-refractivity contribution in [2.24, 2.45) is 0 Å². The molecule has 0 aliphatic heterocycles. The average molecular weight is 336 g/mol. The molecule has 0 spiro atoms. The summed E-state index contributed by atoms with van der Waals surface area (Å²) in [6, 6.07) is 7.77. The highest BCUT2D eigenvalue weighted by molar-refractivity contribution is 5.94. The van der Waals surface area contributed by atoms with Crippen molar-refractivity contribution in [2.45, 2.75) is 19.8 Å². The molecule has 1 aromatic carbocycles. The molecule has 0 bridgehead atoms. The molecule has 0 saturated carbocycles. The van der Waals surface area contributed by atoms with Crippen LogP contribution in [0.4, 0.5) is 5.69 Å². The monoisotopic (exact) mass is 335 g/mol. The number of unbranched alkanes of at least 4 members (excludes halogenated alkanes) is 1. The van der Waals surface area contributed by atoms with Crippen LogP contribution in [0.25, 0.3) is 0 Å². The Kier molecular flexibility index (Phi) is 13.5. The lowest BCUT2D eigenvalue weighted by molar-refractivity contribution is 0.0954. The lowest BCUT2D eigenvalue weighted by atomic mass is 10.2. The largest absolute Gasteiger partial charge is 0.375 e. The fourth-order valence-electron chi connectivity index (χ4n) is 1.79. The molecule has 122 valence electrons. The van der Waals surface area contributed by atoms with Crippen LogP contribution in [0.2, 0.25) is 0 Å². The number of carbonyl (C=O) groups excluding carboxylic acids is 1. The van der Waals surface area contributed by atoms with Crippen molar-refractivity contribution in [1.29, 1.82) is 0 Å². The summed E-state index contributed by atoms with van der Waals surface area (Å²) < 4.78 is 0. The Bertz CT molecular complexity index is 385. The number of hydrogen-bond acceptors (Lipinski definition) is 3. The lowest BCUT2D eigenvalue weighted by Crippen LogP contribution is -2.30. The third-order valence-corrected chi connectivity index (χ3v) is 3.08. The second kappa shape index (κ2) is 12.7. The summed E-state index contributed by atoms with van der Waals surface area (Å²) in [6.07, 6.45) is 2.37. The van der Waals surface area contributed by atoms with Crippen LogP contribution >= 0.6 is 24.8 Å². The van der Waals surface area contributed by atoms with Crippen LogP contribution < -0.4 is 15.5 Å². The van der Waals surface area contributed by atoms with Crippen molar-refractivity contribution in [3.63, 3.8) is 0 Å². The SMILES string of the molecule is CCCCN(C)c1ccc(C(=O)NCCNC)cc1.Cl.Cl. The van der Waals surface area contributed by atoms with Gasteiger partial charge in [-0.05, 0) is 37.7 Å². The van der Waals surface area contributed by atoms with Gasteiger partial charge in [0.25, 0.3) is 5.91 Å². The van der Waals surface area contributed by atoms with Crippen LogP contribution in [0.5, 0.6) is 0 Å². The Morgan fingerprint density at radius 2 is 1.76 bits per heavy atom. The minimum atomic E-state index is -0.0157. The Balaban J connectivity index is 0. The molecular weight excluding hydrogens is 309 g/mol. The fraction of sp³-hybridized carbons (Fsp3) is 0.533. The van der Waals surface area contributed by atoms with Crippen molar-refractivity contribution in [3.8, 4) is 0 Å². The number of nitrogens with one attached hydrogen (secondary N) is 2. The number of benzene rings is 1. The number of carbonyl (C=O) groups is 1. The molecular formula is C15H27Cl2N3O. The summed E-state index contributed by atoms with van der Waals surface area (Å²) in [5.74, 6) is -0.0157. The Labute approximate surface area is 140 Å². The maximum atomic E-state index is 11.8. The van der Waals surface area contributed by atoms with Gasteiger partial charge in [0.05, 0.1) is 0 Å². The number of anilines is 1. The van der Waals surface area contributed by atoms with E-state index in [4.69, 9.17) is 0 Å². The summed E-state index contributed by atoms with van der Waals surface area (Å²) in [7, 11) is 3.95. The van der Waals surface area contributed by atoms with Gasteiger partial charge in [0.15, 0.2) is 0 Å². The van der Waals surface area contributed by atoms with Gasteiger partial charge in [-0.3, -0.25) is 4.79 Å². The van der Waals surface area contributed by atoms with Gasteiger partial charge in [0, 0.05) is 37.9 Å². The molecule has 0 aliphatic rings. The van der Waals surface area contributed by atoms with E-state index in [2.05, 4.69) is 29.5 Å². The minimum absolute atomic E-state index is 0. The molecule has 1 amide bonds. The van der Waals surface area contributed by atoms with E-state index in [0.717, 1.165) is 18.8 Å². The van der Waals surface area contributed by atoms with E-state index in [-0.39, 0.29) is 30.7 Å². The van der Waals surface area contributed by atoms with Crippen molar-refractivity contribution in [2.75, 3.05) is 38.6 Å². The van der Waals surface area contributed by atoms with Crippen LogP contribution in [-0.2, 0) is 0 Å². The number of halogens is 2. The zero-order valence-corrected chi connectivity index (χ0v) is 14.6. The standard InChI is InChI=1S/C15H25N3O.2ClH/c1-4-5-12-18(3)14-8-6-13(7-9-14)15(19)17-11-10-16-2;;/h6-9,16H,4-5,10-12H2,1-3H3,(H,17,19);2*1H. The molecule has 0 fully saturated rings. The maximum absolute atomic E-state index is 11.8. The van der Waals surface area contributed by atoms with Crippen LogP contribution in [0.1, 0.15) is 30.1 Å². The summed E-state index contributed by atoms with van der Waals surface area (Å²) in [4.78, 5) is 14.0. The summed E-state index contributed by atoms with van der Waals surface area (Å²) in [5, 5.41) is 5.86. The smallest absolute Gasteiger partial charge is 0.251 e. The van der Waals surface area contributed by atoms with Gasteiger partial charge in [-0.2, -0.15) is 0 Å². The zero-order chi connectivity index (χ0) is 14.1. The second-order valence-electron chi connectivity index (χ2n) is 4.68. The Morgan fingerprint density at radius 1 is 1.14 bits per heavy atom. The first kappa shape index (κ1) is 22.3. The first-order chi connectivity index (χ1) is 9.19. The molecule has 2 N–H and O–H groups in total. The predicted octanol–water partition coefficient (Wildman–Crippen LogP) is 2.72. The Morgan fingerprint density at radius 3 is 2.29 bits per heavy atom. The molecule has 0 unspecified atom stereocenters. The third kappa shape index (κ3) is 8.15. The van der Waals surface area contributed by atoms with E-state index in [1.807, 2.05) is 31.3 Å². The number of likely N-dealkylation sites (N-methyl/N-ethyl adjacent to an activating group) is 1. The highest BCUT2D eigenvalue weighted by Crippen LogP contribution is 2.14. The molecule has 0 radical (unpaired) electrons. The van der Waals surface area contributed by atoms with Crippen LogP contribution in [0.15, 0.2) is 24.3 Å². The van der Waals surface area contributed by atoms with Crippen LogP contribution in [-0.4, -0.2) is 39.6 Å². The molecule has 0 aromatic heterocycles. The lowest BCUT2D eigenvalue weighted by Gasteiger charge is -2.19. The van der Waals surface area contributed by atoms with E-state index >= 15 is 0 Å². The predicted molar refractivity (Wildman–Crippen MR) is 95.4 cm³/mol. The van der Waals surface area contributed by atoms with Gasteiger partial charge in [-0.1, -0.05) is 13.3 Å². The first-order valence-electron chi connectivity index (χ1n) is 6.93. The van der Waals surface area contributed by atoms with Gasteiger partial charge < -0.3 is 15.5 Å². The highest BCUT2D eigenvalue weighted by atomic mass is 35.5. The number of amides is 1. The van der Waals surface area contributed by atoms with Crippen molar-refractivity contribution < 1.29 is 4.79 Å². The average Bonchev–Trinajstić information content (AvgIpc) is 2.45.